The van der Waals surface area contributed by atoms with E-state index in [1.54, 1.807) is 11.0 Å². The lowest BCUT2D eigenvalue weighted by Gasteiger charge is -2.32. The standard InChI is InChI=1S/C18H19N3O3S.ClH/c1-13-12-20(10-9-19-13)18(22)16-11-14(21(23)24)7-8-17(16)25-15-5-3-2-4-6-15;/h2-8,11,13,19H,9-10,12H2,1H3;1H. The maximum atomic E-state index is 13.0. The molecule has 1 atom stereocenters. The van der Waals surface area contributed by atoms with Crippen molar-refractivity contribution in [3.05, 3.63) is 64.2 Å². The number of carbonyl (C=O) groups is 1. The first kappa shape index (κ1) is 20.2. The quantitative estimate of drug-likeness (QED) is 0.634. The molecule has 138 valence electrons. The number of non-ortho nitro benzene ring substituents is 1. The van der Waals surface area contributed by atoms with E-state index in [4.69, 9.17) is 0 Å². The molecular weight excluding hydrogens is 374 g/mol. The summed E-state index contributed by atoms with van der Waals surface area (Å²) in [6.45, 7) is 3.94. The van der Waals surface area contributed by atoms with Crippen LogP contribution in [0.5, 0.6) is 0 Å². The Kier molecular flexibility index (Phi) is 7.02. The first-order valence-electron chi connectivity index (χ1n) is 8.08. The van der Waals surface area contributed by atoms with Gasteiger partial charge >= 0.3 is 0 Å². The number of nitro benzene ring substituents is 1. The third-order valence-corrected chi connectivity index (χ3v) is 5.12. The zero-order chi connectivity index (χ0) is 17.8. The number of benzene rings is 2. The molecule has 6 nitrogen and oxygen atoms in total. The average Bonchev–Trinajstić information content (AvgIpc) is 2.62. The van der Waals surface area contributed by atoms with E-state index < -0.39 is 4.92 Å². The van der Waals surface area contributed by atoms with E-state index in [9.17, 15) is 14.9 Å². The molecular formula is C18H20ClN3O3S. The number of nitrogens with zero attached hydrogens (tertiary/aromatic N) is 2. The van der Waals surface area contributed by atoms with E-state index in [2.05, 4.69) is 5.32 Å². The molecule has 0 radical (unpaired) electrons. The molecule has 0 saturated carbocycles. The highest BCUT2D eigenvalue weighted by Crippen LogP contribution is 2.33. The van der Waals surface area contributed by atoms with Crippen molar-refractivity contribution in [3.63, 3.8) is 0 Å². The number of rotatable bonds is 4. The number of amides is 1. The van der Waals surface area contributed by atoms with Crippen LogP contribution in [-0.4, -0.2) is 41.4 Å². The van der Waals surface area contributed by atoms with Crippen molar-refractivity contribution in [2.75, 3.05) is 19.6 Å². The second-order valence-corrected chi connectivity index (χ2v) is 7.07. The Morgan fingerprint density at radius 2 is 2.00 bits per heavy atom. The minimum absolute atomic E-state index is 0. The molecule has 0 spiro atoms. The Hall–Kier alpha value is -2.09. The van der Waals surface area contributed by atoms with Crippen LogP contribution in [0.25, 0.3) is 0 Å². The molecule has 1 aliphatic heterocycles. The fourth-order valence-corrected chi connectivity index (χ4v) is 3.73. The van der Waals surface area contributed by atoms with Crippen LogP contribution in [0.1, 0.15) is 17.3 Å². The van der Waals surface area contributed by atoms with Crippen LogP contribution in [0, 0.1) is 10.1 Å². The zero-order valence-corrected chi connectivity index (χ0v) is 15.9. The average molecular weight is 394 g/mol. The number of nitro groups is 1. The number of hydrogen-bond donors (Lipinski definition) is 1. The second kappa shape index (κ2) is 9.02. The van der Waals surface area contributed by atoms with Gasteiger partial charge in [-0.1, -0.05) is 30.0 Å². The van der Waals surface area contributed by atoms with E-state index in [0.29, 0.717) is 18.7 Å². The molecule has 2 aromatic carbocycles. The Bertz CT molecular complexity index is 789. The summed E-state index contributed by atoms with van der Waals surface area (Å²) >= 11 is 1.44. The molecule has 26 heavy (non-hydrogen) atoms. The lowest BCUT2D eigenvalue weighted by atomic mass is 10.1. The van der Waals surface area contributed by atoms with Gasteiger partial charge < -0.3 is 10.2 Å². The molecule has 0 bridgehead atoms. The molecule has 0 aromatic heterocycles. The predicted octanol–water partition coefficient (Wildman–Crippen LogP) is 3.60. The van der Waals surface area contributed by atoms with Crippen molar-refractivity contribution >= 4 is 35.8 Å². The van der Waals surface area contributed by atoms with Crippen molar-refractivity contribution in [1.29, 1.82) is 0 Å². The number of piperazine rings is 1. The fraction of sp³-hybridized carbons (Fsp3) is 0.278. The summed E-state index contributed by atoms with van der Waals surface area (Å²) in [5.41, 5.74) is 0.320. The van der Waals surface area contributed by atoms with Crippen LogP contribution >= 0.6 is 24.2 Å². The predicted molar refractivity (Wildman–Crippen MR) is 104 cm³/mol. The highest BCUT2D eigenvalue weighted by Gasteiger charge is 2.25. The molecule has 0 aliphatic carbocycles. The van der Waals surface area contributed by atoms with Gasteiger partial charge in [-0.3, -0.25) is 14.9 Å². The highest BCUT2D eigenvalue weighted by atomic mass is 35.5. The van der Waals surface area contributed by atoms with Crippen molar-refractivity contribution in [2.45, 2.75) is 22.8 Å². The Labute approximate surface area is 162 Å². The molecule has 1 unspecified atom stereocenters. The van der Waals surface area contributed by atoms with Gasteiger partial charge in [-0.15, -0.1) is 12.4 Å². The van der Waals surface area contributed by atoms with Crippen molar-refractivity contribution in [3.8, 4) is 0 Å². The van der Waals surface area contributed by atoms with E-state index in [1.165, 1.54) is 23.9 Å². The van der Waals surface area contributed by atoms with Crippen LogP contribution in [0.15, 0.2) is 58.3 Å². The van der Waals surface area contributed by atoms with Crippen LogP contribution in [0.4, 0.5) is 5.69 Å². The topological polar surface area (TPSA) is 75.5 Å². The molecule has 1 heterocycles. The van der Waals surface area contributed by atoms with Gasteiger partial charge in [0.05, 0.1) is 10.5 Å². The van der Waals surface area contributed by atoms with Gasteiger partial charge in [0.2, 0.25) is 0 Å². The fourth-order valence-electron chi connectivity index (χ4n) is 2.79. The van der Waals surface area contributed by atoms with Crippen molar-refractivity contribution in [2.24, 2.45) is 0 Å². The van der Waals surface area contributed by atoms with E-state index >= 15 is 0 Å². The molecule has 1 saturated heterocycles. The second-order valence-electron chi connectivity index (χ2n) is 5.96. The molecule has 8 heteroatoms. The normalized spacial score (nSPS) is 16.7. The maximum absolute atomic E-state index is 13.0. The number of nitrogens with one attached hydrogen (secondary N) is 1. The van der Waals surface area contributed by atoms with E-state index in [0.717, 1.165) is 16.3 Å². The zero-order valence-electron chi connectivity index (χ0n) is 14.3. The summed E-state index contributed by atoms with van der Waals surface area (Å²) in [4.78, 5) is 27.1. The van der Waals surface area contributed by atoms with Gasteiger partial charge in [0.1, 0.15) is 0 Å². The lowest BCUT2D eigenvalue weighted by molar-refractivity contribution is -0.384. The van der Waals surface area contributed by atoms with Crippen LogP contribution in [-0.2, 0) is 0 Å². The molecule has 1 N–H and O–H groups in total. The monoisotopic (exact) mass is 393 g/mol. The lowest BCUT2D eigenvalue weighted by Crippen LogP contribution is -2.51. The largest absolute Gasteiger partial charge is 0.336 e. The Morgan fingerprint density at radius 1 is 1.27 bits per heavy atom. The summed E-state index contributed by atoms with van der Waals surface area (Å²) in [5, 5.41) is 14.4. The molecule has 3 rings (SSSR count). The minimum Gasteiger partial charge on any atom is -0.336 e. The first-order chi connectivity index (χ1) is 12.0. The van der Waals surface area contributed by atoms with Gasteiger partial charge in [-0.25, -0.2) is 0 Å². The van der Waals surface area contributed by atoms with Gasteiger partial charge in [0, 0.05) is 47.6 Å². The van der Waals surface area contributed by atoms with Crippen LogP contribution in [0.3, 0.4) is 0 Å². The number of halogens is 1. The van der Waals surface area contributed by atoms with E-state index in [-0.39, 0.29) is 30.0 Å². The highest BCUT2D eigenvalue weighted by molar-refractivity contribution is 7.99. The third kappa shape index (κ3) is 4.75. The summed E-state index contributed by atoms with van der Waals surface area (Å²) in [6, 6.07) is 14.4. The smallest absolute Gasteiger partial charge is 0.270 e. The number of hydrogen-bond acceptors (Lipinski definition) is 5. The molecule has 1 fully saturated rings. The Morgan fingerprint density at radius 3 is 2.65 bits per heavy atom. The van der Waals surface area contributed by atoms with Gasteiger partial charge in [0.15, 0.2) is 0 Å². The minimum atomic E-state index is -0.464. The van der Waals surface area contributed by atoms with Gasteiger partial charge in [-0.05, 0) is 25.1 Å². The Balaban J connectivity index is 0.00000243. The van der Waals surface area contributed by atoms with Crippen LogP contribution < -0.4 is 5.32 Å². The van der Waals surface area contributed by atoms with Gasteiger partial charge in [-0.2, -0.15) is 0 Å². The third-order valence-electron chi connectivity index (χ3n) is 4.03. The molecule has 1 amide bonds. The van der Waals surface area contributed by atoms with E-state index in [1.807, 2.05) is 37.3 Å². The first-order valence-corrected chi connectivity index (χ1v) is 8.90. The summed E-state index contributed by atoms with van der Waals surface area (Å²) < 4.78 is 0. The summed E-state index contributed by atoms with van der Waals surface area (Å²) in [7, 11) is 0. The van der Waals surface area contributed by atoms with Crippen molar-refractivity contribution in [1.82, 2.24) is 10.2 Å². The summed E-state index contributed by atoms with van der Waals surface area (Å²) in [5.74, 6) is -0.157. The van der Waals surface area contributed by atoms with Crippen LogP contribution in [0.2, 0.25) is 0 Å². The molecule has 1 aliphatic rings. The maximum Gasteiger partial charge on any atom is 0.270 e. The summed E-state index contributed by atoms with van der Waals surface area (Å²) in [6.07, 6.45) is 0. The van der Waals surface area contributed by atoms with Gasteiger partial charge in [0.25, 0.3) is 11.6 Å². The van der Waals surface area contributed by atoms with Crippen molar-refractivity contribution < 1.29 is 9.72 Å². The SMILES string of the molecule is CC1CN(C(=O)c2cc([N+](=O)[O-])ccc2Sc2ccccc2)CCN1.Cl. The number of carbonyl (C=O) groups excluding carboxylic acids is 1. The molecule has 2 aromatic rings.